The van der Waals surface area contributed by atoms with Gasteiger partial charge in [-0.15, -0.1) is 11.3 Å². The van der Waals surface area contributed by atoms with Crippen LogP contribution in [0, 0.1) is 12.3 Å². The molecule has 1 aromatic heterocycles. The molecule has 0 radical (unpaired) electrons. The lowest BCUT2D eigenvalue weighted by molar-refractivity contribution is -0.134. The van der Waals surface area contributed by atoms with Gasteiger partial charge in [-0.25, -0.2) is 4.98 Å². The fraction of sp³-hybridized carbons (Fsp3) is 0.600. The Morgan fingerprint density at radius 3 is 2.68 bits per heavy atom. The lowest BCUT2D eigenvalue weighted by atomic mass is 9.91. The molecule has 168 valence electrons. The van der Waals surface area contributed by atoms with Crippen LogP contribution in [0.2, 0.25) is 0 Å². The summed E-state index contributed by atoms with van der Waals surface area (Å²) in [6.07, 6.45) is 4.07. The SMILES string of the molecule is Cc1ncsc1-c1ccc(CCCC2OC2C2CC(O)CN2C(=O)CC(C)(C)C)cc1. The fourth-order valence-electron chi connectivity index (χ4n) is 4.63. The summed E-state index contributed by atoms with van der Waals surface area (Å²) in [5.74, 6) is 0.138. The standard InChI is InChI=1S/C25H34N2O3S/c1-16-24(31-15-26-16)18-10-8-17(9-11-18)6-5-7-21-23(30-21)20-12-19(28)14-27(20)22(29)13-25(2,3)4/h8-11,15,19-21,23,28H,5-7,12-14H2,1-4H3. The molecule has 4 rings (SSSR count). The van der Waals surface area contributed by atoms with E-state index >= 15 is 0 Å². The second-order valence-corrected chi connectivity index (χ2v) is 11.1. The van der Waals surface area contributed by atoms with E-state index in [0.29, 0.717) is 19.4 Å². The molecular weight excluding hydrogens is 408 g/mol. The molecule has 2 fully saturated rings. The van der Waals surface area contributed by atoms with Crippen molar-refractivity contribution in [2.75, 3.05) is 6.54 Å². The van der Waals surface area contributed by atoms with Crippen LogP contribution in [0.25, 0.3) is 10.4 Å². The summed E-state index contributed by atoms with van der Waals surface area (Å²) in [5.41, 5.74) is 5.50. The number of amides is 1. The molecule has 6 heteroatoms. The molecule has 4 unspecified atom stereocenters. The molecule has 1 aromatic carbocycles. The van der Waals surface area contributed by atoms with E-state index in [1.165, 1.54) is 16.0 Å². The number of nitrogens with zero attached hydrogens (tertiary/aromatic N) is 2. The molecule has 4 atom stereocenters. The second-order valence-electron chi connectivity index (χ2n) is 10.2. The van der Waals surface area contributed by atoms with Crippen LogP contribution >= 0.6 is 11.3 Å². The number of aryl methyl sites for hydroxylation is 2. The topological polar surface area (TPSA) is 66.0 Å². The maximum Gasteiger partial charge on any atom is 0.223 e. The predicted molar refractivity (Wildman–Crippen MR) is 124 cm³/mol. The lowest BCUT2D eigenvalue weighted by Gasteiger charge is -2.27. The van der Waals surface area contributed by atoms with Gasteiger partial charge in [0.1, 0.15) is 6.10 Å². The molecule has 0 saturated carbocycles. The molecule has 0 aliphatic carbocycles. The lowest BCUT2D eigenvalue weighted by Crippen LogP contribution is -2.41. The van der Waals surface area contributed by atoms with E-state index in [0.717, 1.165) is 25.0 Å². The molecule has 2 saturated heterocycles. The minimum Gasteiger partial charge on any atom is -0.391 e. The number of aromatic nitrogens is 1. The number of aliphatic hydroxyl groups excluding tert-OH is 1. The van der Waals surface area contributed by atoms with Crippen molar-refractivity contribution >= 4 is 17.2 Å². The van der Waals surface area contributed by atoms with E-state index in [2.05, 4.69) is 50.0 Å². The number of benzene rings is 1. The average molecular weight is 443 g/mol. The third kappa shape index (κ3) is 5.54. The van der Waals surface area contributed by atoms with Gasteiger partial charge in [0.2, 0.25) is 5.91 Å². The second kappa shape index (κ2) is 9.00. The molecule has 3 heterocycles. The van der Waals surface area contributed by atoms with Gasteiger partial charge in [0, 0.05) is 13.0 Å². The number of ether oxygens (including phenoxy) is 1. The molecule has 2 aliphatic heterocycles. The summed E-state index contributed by atoms with van der Waals surface area (Å²) in [4.78, 5) is 20.2. The molecule has 5 nitrogen and oxygen atoms in total. The van der Waals surface area contributed by atoms with Crippen molar-refractivity contribution in [2.24, 2.45) is 5.41 Å². The van der Waals surface area contributed by atoms with E-state index < -0.39 is 6.10 Å². The van der Waals surface area contributed by atoms with Crippen molar-refractivity contribution in [2.45, 2.75) is 84.2 Å². The minimum atomic E-state index is -0.431. The molecule has 1 amide bonds. The Bertz CT molecular complexity index is 902. The number of thiazole rings is 1. The molecule has 0 spiro atoms. The zero-order valence-electron chi connectivity index (χ0n) is 19.0. The first kappa shape index (κ1) is 22.4. The summed E-state index contributed by atoms with van der Waals surface area (Å²) in [6, 6.07) is 8.81. The van der Waals surface area contributed by atoms with Gasteiger partial charge >= 0.3 is 0 Å². The smallest absolute Gasteiger partial charge is 0.223 e. The van der Waals surface area contributed by atoms with E-state index in [-0.39, 0.29) is 29.6 Å². The molecule has 2 aromatic rings. The van der Waals surface area contributed by atoms with E-state index in [9.17, 15) is 9.90 Å². The number of likely N-dealkylation sites (tertiary alicyclic amines) is 1. The van der Waals surface area contributed by atoms with Gasteiger partial charge in [0.25, 0.3) is 0 Å². The first-order valence-electron chi connectivity index (χ1n) is 11.3. The van der Waals surface area contributed by atoms with Crippen LogP contribution in [0.4, 0.5) is 0 Å². The van der Waals surface area contributed by atoms with Gasteiger partial charge in [-0.1, -0.05) is 45.0 Å². The van der Waals surface area contributed by atoms with Gasteiger partial charge in [0.05, 0.1) is 34.3 Å². The Labute approximate surface area is 189 Å². The van der Waals surface area contributed by atoms with Crippen LogP contribution in [0.1, 0.15) is 57.7 Å². The van der Waals surface area contributed by atoms with Crippen LogP contribution in [0.15, 0.2) is 29.8 Å². The zero-order valence-corrected chi connectivity index (χ0v) is 19.8. The molecular formula is C25H34N2O3S. The Balaban J connectivity index is 1.25. The highest BCUT2D eigenvalue weighted by Crippen LogP contribution is 2.38. The van der Waals surface area contributed by atoms with E-state index in [1.54, 1.807) is 11.3 Å². The van der Waals surface area contributed by atoms with Crippen molar-refractivity contribution in [1.29, 1.82) is 0 Å². The van der Waals surface area contributed by atoms with Gasteiger partial charge in [-0.3, -0.25) is 4.79 Å². The average Bonchev–Trinajstić information content (AvgIpc) is 3.14. The van der Waals surface area contributed by atoms with E-state index in [1.807, 2.05) is 17.3 Å². The quantitative estimate of drug-likeness (QED) is 0.636. The third-order valence-electron chi connectivity index (χ3n) is 6.24. The summed E-state index contributed by atoms with van der Waals surface area (Å²) < 4.78 is 5.97. The number of hydrogen-bond acceptors (Lipinski definition) is 5. The van der Waals surface area contributed by atoms with Crippen LogP contribution in [0.5, 0.6) is 0 Å². The molecule has 2 aliphatic rings. The number of carbonyl (C=O) groups excluding carboxylic acids is 1. The number of β-amino-alcohol motifs (C(OH)–C–C–N with tert-alkyl or cyclic N) is 1. The van der Waals surface area contributed by atoms with Crippen LogP contribution in [-0.2, 0) is 16.0 Å². The highest BCUT2D eigenvalue weighted by atomic mass is 32.1. The Kier molecular flexibility index (Phi) is 6.52. The highest BCUT2D eigenvalue weighted by molar-refractivity contribution is 7.13. The summed E-state index contributed by atoms with van der Waals surface area (Å²) >= 11 is 1.68. The Hall–Kier alpha value is -1.76. The first-order chi connectivity index (χ1) is 14.7. The highest BCUT2D eigenvalue weighted by Gasteiger charge is 2.51. The maximum atomic E-state index is 12.7. The number of carbonyl (C=O) groups is 1. The van der Waals surface area contributed by atoms with Crippen LogP contribution < -0.4 is 0 Å². The van der Waals surface area contributed by atoms with Gasteiger partial charge in [0.15, 0.2) is 0 Å². The summed E-state index contributed by atoms with van der Waals surface area (Å²) in [7, 11) is 0. The monoisotopic (exact) mass is 442 g/mol. The molecule has 0 bridgehead atoms. The normalized spacial score (nSPS) is 25.8. The number of rotatable bonds is 7. The maximum absolute atomic E-state index is 12.7. The summed E-state index contributed by atoms with van der Waals surface area (Å²) in [5, 5.41) is 10.2. The molecule has 1 N–H and O–H groups in total. The van der Waals surface area contributed by atoms with Crippen molar-refractivity contribution in [3.63, 3.8) is 0 Å². The van der Waals surface area contributed by atoms with Crippen LogP contribution in [0.3, 0.4) is 0 Å². The van der Waals surface area contributed by atoms with Crippen LogP contribution in [-0.4, -0.2) is 51.8 Å². The number of epoxide rings is 1. The van der Waals surface area contributed by atoms with Crippen molar-refractivity contribution < 1.29 is 14.6 Å². The predicted octanol–water partition coefficient (Wildman–Crippen LogP) is 4.61. The van der Waals surface area contributed by atoms with Gasteiger partial charge < -0.3 is 14.7 Å². The number of aliphatic hydroxyl groups is 1. The van der Waals surface area contributed by atoms with Gasteiger partial charge in [-0.2, -0.15) is 0 Å². The summed E-state index contributed by atoms with van der Waals surface area (Å²) in [6.45, 7) is 8.72. The molecule has 31 heavy (non-hydrogen) atoms. The van der Waals surface area contributed by atoms with E-state index in [4.69, 9.17) is 4.74 Å². The fourth-order valence-corrected chi connectivity index (χ4v) is 5.44. The van der Waals surface area contributed by atoms with Crippen molar-refractivity contribution in [3.8, 4) is 10.4 Å². The Morgan fingerprint density at radius 2 is 2.03 bits per heavy atom. The zero-order chi connectivity index (χ0) is 22.2. The first-order valence-corrected chi connectivity index (χ1v) is 12.2. The van der Waals surface area contributed by atoms with Crippen molar-refractivity contribution in [1.82, 2.24) is 9.88 Å². The third-order valence-corrected chi connectivity index (χ3v) is 7.22. The Morgan fingerprint density at radius 1 is 1.29 bits per heavy atom. The number of hydrogen-bond donors (Lipinski definition) is 1. The van der Waals surface area contributed by atoms with Gasteiger partial charge in [-0.05, 0) is 49.1 Å². The minimum absolute atomic E-state index is 0.0248. The largest absolute Gasteiger partial charge is 0.391 e. The van der Waals surface area contributed by atoms with Crippen molar-refractivity contribution in [3.05, 3.63) is 41.0 Å².